The van der Waals surface area contributed by atoms with E-state index in [4.69, 9.17) is 0 Å². The molecule has 0 unspecified atom stereocenters. The monoisotopic (exact) mass is 248 g/mol. The summed E-state index contributed by atoms with van der Waals surface area (Å²) in [6, 6.07) is 0. The van der Waals surface area contributed by atoms with Crippen molar-refractivity contribution in [2.24, 2.45) is 0 Å². The van der Waals surface area contributed by atoms with Crippen molar-refractivity contribution in [2.75, 3.05) is 16.4 Å². The second-order valence-electron chi connectivity index (χ2n) is 1.03. The van der Waals surface area contributed by atoms with Crippen molar-refractivity contribution >= 4 is 44.2 Å². The van der Waals surface area contributed by atoms with Crippen LogP contribution in [0.2, 0.25) is 0 Å². The average Bonchev–Trinajstić information content (AvgIpc) is 1.69. The molecule has 0 amide bonds. The van der Waals surface area contributed by atoms with E-state index in [2.05, 4.69) is 28.8 Å². The minimum atomic E-state index is 1.30. The van der Waals surface area contributed by atoms with Gasteiger partial charge in [-0.05, 0) is 12.7 Å². The van der Waals surface area contributed by atoms with Gasteiger partial charge in [0.1, 0.15) is 0 Å². The molecular formula is C4H9IS2. The van der Waals surface area contributed by atoms with Gasteiger partial charge in [0.15, 0.2) is 0 Å². The zero-order valence-corrected chi connectivity index (χ0v) is 8.11. The average molecular weight is 248 g/mol. The first-order chi connectivity index (χ1) is 3.41. The van der Waals surface area contributed by atoms with Crippen molar-refractivity contribution in [3.63, 3.8) is 0 Å². The molecule has 0 bridgehead atoms. The third-order valence-corrected chi connectivity index (χ3v) is 3.14. The summed E-state index contributed by atoms with van der Waals surface area (Å²) in [5, 5.41) is 0. The first-order valence-electron chi connectivity index (χ1n) is 2.13. The van der Waals surface area contributed by atoms with Crippen LogP contribution < -0.4 is 0 Å². The van der Waals surface area contributed by atoms with Crippen molar-refractivity contribution < 1.29 is 0 Å². The van der Waals surface area contributed by atoms with E-state index < -0.39 is 0 Å². The standard InChI is InChI=1S/C4H9IS2/c1-6-7-4-2-3-5/h2-4H2,1H3. The lowest BCUT2D eigenvalue weighted by Crippen LogP contribution is -1.74. The van der Waals surface area contributed by atoms with Crippen LogP contribution in [0.25, 0.3) is 0 Å². The van der Waals surface area contributed by atoms with Crippen LogP contribution in [0, 0.1) is 0 Å². The maximum atomic E-state index is 2.40. The van der Waals surface area contributed by atoms with Gasteiger partial charge in [-0.1, -0.05) is 44.2 Å². The molecule has 0 saturated carbocycles. The number of hydrogen-bond acceptors (Lipinski definition) is 2. The van der Waals surface area contributed by atoms with Crippen LogP contribution in [0.1, 0.15) is 6.42 Å². The molecule has 0 aliphatic rings. The summed E-state index contributed by atoms with van der Waals surface area (Å²) in [5.41, 5.74) is 0. The molecule has 0 aromatic heterocycles. The van der Waals surface area contributed by atoms with E-state index in [1.165, 1.54) is 16.6 Å². The van der Waals surface area contributed by atoms with Gasteiger partial charge in [-0.3, -0.25) is 0 Å². The van der Waals surface area contributed by atoms with Gasteiger partial charge in [0.2, 0.25) is 0 Å². The van der Waals surface area contributed by atoms with Crippen LogP contribution in [0.5, 0.6) is 0 Å². The molecule has 44 valence electrons. The SMILES string of the molecule is CSSCCCI. The molecule has 0 aromatic carbocycles. The molecule has 7 heavy (non-hydrogen) atoms. The Bertz CT molecular complexity index is 28.9. The molecule has 0 aliphatic carbocycles. The van der Waals surface area contributed by atoms with Crippen molar-refractivity contribution in [3.05, 3.63) is 0 Å². The number of alkyl halides is 1. The smallest absolute Gasteiger partial charge is 0.00441 e. The Morgan fingerprint density at radius 3 is 2.71 bits per heavy atom. The van der Waals surface area contributed by atoms with Crippen molar-refractivity contribution in [1.82, 2.24) is 0 Å². The minimum absolute atomic E-state index is 1.30. The van der Waals surface area contributed by atoms with E-state index >= 15 is 0 Å². The maximum absolute atomic E-state index is 2.40. The van der Waals surface area contributed by atoms with Gasteiger partial charge in [0, 0.05) is 10.2 Å². The third kappa shape index (κ3) is 7.43. The van der Waals surface area contributed by atoms with E-state index in [1.807, 2.05) is 21.6 Å². The van der Waals surface area contributed by atoms with Crippen molar-refractivity contribution in [1.29, 1.82) is 0 Å². The summed E-state index contributed by atoms with van der Waals surface area (Å²) in [7, 11) is 3.80. The highest BCUT2D eigenvalue weighted by atomic mass is 127. The van der Waals surface area contributed by atoms with Crippen LogP contribution in [0.3, 0.4) is 0 Å². The van der Waals surface area contributed by atoms with Gasteiger partial charge < -0.3 is 0 Å². The molecule has 0 atom stereocenters. The fraction of sp³-hybridized carbons (Fsp3) is 1.00. The summed E-state index contributed by atoms with van der Waals surface area (Å²) in [6.07, 6.45) is 3.48. The highest BCUT2D eigenvalue weighted by molar-refractivity contribution is 14.1. The molecule has 3 heteroatoms. The Labute approximate surface area is 66.7 Å². The first kappa shape index (κ1) is 8.43. The molecule has 0 saturated heterocycles. The summed E-state index contributed by atoms with van der Waals surface area (Å²) in [4.78, 5) is 0. The van der Waals surface area contributed by atoms with Crippen LogP contribution in [0.4, 0.5) is 0 Å². The van der Waals surface area contributed by atoms with Gasteiger partial charge in [-0.2, -0.15) is 0 Å². The largest absolute Gasteiger partial charge is 0.0976 e. The zero-order chi connectivity index (χ0) is 5.54. The molecule has 0 radical (unpaired) electrons. The fourth-order valence-electron chi connectivity index (χ4n) is 0.197. The maximum Gasteiger partial charge on any atom is 0.00441 e. The normalized spacial score (nSPS) is 9.43. The molecule has 0 aromatic rings. The van der Waals surface area contributed by atoms with Gasteiger partial charge in [-0.25, -0.2) is 0 Å². The zero-order valence-electron chi connectivity index (χ0n) is 4.32. The number of hydrogen-bond donors (Lipinski definition) is 0. The van der Waals surface area contributed by atoms with Crippen LogP contribution in [-0.2, 0) is 0 Å². The minimum Gasteiger partial charge on any atom is -0.0976 e. The Balaban J connectivity index is 2.45. The Kier molecular flexibility index (Phi) is 8.95. The van der Waals surface area contributed by atoms with E-state index in [9.17, 15) is 0 Å². The summed E-state index contributed by atoms with van der Waals surface area (Å²) in [5.74, 6) is 1.31. The van der Waals surface area contributed by atoms with E-state index in [0.29, 0.717) is 0 Å². The lowest BCUT2D eigenvalue weighted by Gasteiger charge is -1.89. The molecule has 0 fully saturated rings. The molecule has 0 rings (SSSR count). The topological polar surface area (TPSA) is 0 Å². The second kappa shape index (κ2) is 7.43. The second-order valence-corrected chi connectivity index (χ2v) is 4.79. The quantitative estimate of drug-likeness (QED) is 0.325. The van der Waals surface area contributed by atoms with E-state index in [0.717, 1.165) is 0 Å². The van der Waals surface area contributed by atoms with Crippen LogP contribution in [-0.4, -0.2) is 16.4 Å². The molecule has 0 heterocycles. The lowest BCUT2D eigenvalue weighted by molar-refractivity contribution is 1.15. The lowest BCUT2D eigenvalue weighted by atomic mass is 10.6. The predicted octanol–water partition coefficient (Wildman–Crippen LogP) is 2.82. The highest BCUT2D eigenvalue weighted by Crippen LogP contribution is 2.17. The first-order valence-corrected chi connectivity index (χ1v) is 6.38. The summed E-state index contributed by atoms with van der Waals surface area (Å²) < 4.78 is 1.30. The molecule has 0 N–H and O–H groups in total. The third-order valence-electron chi connectivity index (χ3n) is 0.479. The number of rotatable bonds is 4. The molecular weight excluding hydrogens is 239 g/mol. The van der Waals surface area contributed by atoms with Gasteiger partial charge in [0.25, 0.3) is 0 Å². The van der Waals surface area contributed by atoms with Gasteiger partial charge >= 0.3 is 0 Å². The number of halogens is 1. The van der Waals surface area contributed by atoms with E-state index in [-0.39, 0.29) is 0 Å². The Morgan fingerprint density at radius 2 is 2.29 bits per heavy atom. The summed E-state index contributed by atoms with van der Waals surface area (Å²) >= 11 is 2.40. The van der Waals surface area contributed by atoms with Gasteiger partial charge in [-0.15, -0.1) is 0 Å². The Morgan fingerprint density at radius 1 is 1.57 bits per heavy atom. The predicted molar refractivity (Wildman–Crippen MR) is 49.5 cm³/mol. The van der Waals surface area contributed by atoms with Crippen LogP contribution in [0.15, 0.2) is 0 Å². The van der Waals surface area contributed by atoms with Gasteiger partial charge in [0.05, 0.1) is 0 Å². The van der Waals surface area contributed by atoms with Crippen molar-refractivity contribution in [2.45, 2.75) is 6.42 Å². The Hall–Kier alpha value is 1.43. The molecule has 0 aliphatic heterocycles. The summed E-state index contributed by atoms with van der Waals surface area (Å²) in [6.45, 7) is 0. The van der Waals surface area contributed by atoms with Crippen molar-refractivity contribution in [3.8, 4) is 0 Å². The van der Waals surface area contributed by atoms with Crippen LogP contribution >= 0.6 is 44.2 Å². The van der Waals surface area contributed by atoms with E-state index in [1.54, 1.807) is 0 Å². The highest BCUT2D eigenvalue weighted by Gasteiger charge is 1.81. The fourth-order valence-corrected chi connectivity index (χ4v) is 2.38. The molecule has 0 spiro atoms. The molecule has 0 nitrogen and oxygen atoms in total.